The maximum atomic E-state index is 13.4. The summed E-state index contributed by atoms with van der Waals surface area (Å²) in [5, 5.41) is 10.6. The Balaban J connectivity index is 1.92. The number of hydrogen-bond acceptors (Lipinski definition) is 7. The highest BCUT2D eigenvalue weighted by Crippen LogP contribution is 2.30. The molecule has 1 heterocycles. The van der Waals surface area contributed by atoms with Crippen LogP contribution < -0.4 is 10.1 Å². The summed E-state index contributed by atoms with van der Waals surface area (Å²) in [5.74, 6) is 0.503. The van der Waals surface area contributed by atoms with Crippen molar-refractivity contribution in [3.63, 3.8) is 0 Å². The van der Waals surface area contributed by atoms with Crippen molar-refractivity contribution < 1.29 is 22.4 Å². The van der Waals surface area contributed by atoms with Crippen LogP contribution in [0.25, 0.3) is 11.5 Å². The number of nitrogens with zero attached hydrogens (tertiary/aromatic N) is 3. The zero-order chi connectivity index (χ0) is 22.6. The molecular formula is C21H24N4O5S. The van der Waals surface area contributed by atoms with E-state index < -0.39 is 10.0 Å². The number of carbonyl (C=O) groups excluding carboxylic acids is 1. The van der Waals surface area contributed by atoms with Gasteiger partial charge in [0.2, 0.25) is 27.7 Å². The maximum Gasteiger partial charge on any atom is 0.247 e. The van der Waals surface area contributed by atoms with Crippen LogP contribution in [0, 0.1) is 0 Å². The van der Waals surface area contributed by atoms with Crippen LogP contribution in [-0.2, 0) is 21.4 Å². The Morgan fingerprint density at radius 3 is 2.48 bits per heavy atom. The van der Waals surface area contributed by atoms with Gasteiger partial charge in [-0.1, -0.05) is 18.2 Å². The Hall–Kier alpha value is -3.24. The second kappa shape index (κ2) is 9.27. The lowest BCUT2D eigenvalue weighted by Crippen LogP contribution is -2.36. The molecule has 0 atom stereocenters. The lowest BCUT2D eigenvalue weighted by atomic mass is 10.2. The SMILES string of the molecule is COc1ccc(S(=O)(=O)N(Cc2nnc(-c3ccccc3)o2)C(C)C)cc1NC(C)=O. The van der Waals surface area contributed by atoms with E-state index in [9.17, 15) is 13.2 Å². The molecule has 0 saturated heterocycles. The number of anilines is 1. The van der Waals surface area contributed by atoms with Crippen LogP contribution >= 0.6 is 0 Å². The molecule has 0 aliphatic rings. The monoisotopic (exact) mass is 444 g/mol. The lowest BCUT2D eigenvalue weighted by Gasteiger charge is -2.25. The normalized spacial score (nSPS) is 11.7. The molecule has 0 fully saturated rings. The number of nitrogens with one attached hydrogen (secondary N) is 1. The van der Waals surface area contributed by atoms with Crippen LogP contribution in [0.4, 0.5) is 5.69 Å². The molecule has 9 nitrogen and oxygen atoms in total. The van der Waals surface area contributed by atoms with Crippen LogP contribution in [0.15, 0.2) is 57.8 Å². The van der Waals surface area contributed by atoms with Crippen LogP contribution in [0.5, 0.6) is 5.75 Å². The number of sulfonamides is 1. The number of hydrogen-bond donors (Lipinski definition) is 1. The molecule has 0 unspecified atom stereocenters. The van der Waals surface area contributed by atoms with Crippen molar-refractivity contribution in [3.05, 3.63) is 54.4 Å². The van der Waals surface area contributed by atoms with E-state index in [1.807, 2.05) is 30.3 Å². The van der Waals surface area contributed by atoms with Crippen molar-refractivity contribution in [1.82, 2.24) is 14.5 Å². The molecule has 0 saturated carbocycles. The predicted molar refractivity (Wildman–Crippen MR) is 115 cm³/mol. The quantitative estimate of drug-likeness (QED) is 0.567. The Morgan fingerprint density at radius 2 is 1.87 bits per heavy atom. The number of aromatic nitrogens is 2. The predicted octanol–water partition coefficient (Wildman–Crippen LogP) is 3.30. The van der Waals surface area contributed by atoms with Crippen molar-refractivity contribution >= 4 is 21.6 Å². The van der Waals surface area contributed by atoms with Gasteiger partial charge in [-0.2, -0.15) is 4.31 Å². The van der Waals surface area contributed by atoms with Crippen LogP contribution in [-0.4, -0.2) is 42.0 Å². The van der Waals surface area contributed by atoms with Gasteiger partial charge in [-0.25, -0.2) is 8.42 Å². The third kappa shape index (κ3) is 5.09. The minimum Gasteiger partial charge on any atom is -0.495 e. The largest absolute Gasteiger partial charge is 0.495 e. The minimum atomic E-state index is -3.94. The van der Waals surface area contributed by atoms with E-state index in [1.165, 1.54) is 36.5 Å². The molecule has 1 N–H and O–H groups in total. The fourth-order valence-corrected chi connectivity index (χ4v) is 4.58. The molecule has 10 heteroatoms. The third-order valence-corrected chi connectivity index (χ3v) is 6.46. The molecule has 164 valence electrons. The summed E-state index contributed by atoms with van der Waals surface area (Å²) >= 11 is 0. The number of rotatable bonds is 8. The Kier molecular flexibility index (Phi) is 6.71. The zero-order valence-corrected chi connectivity index (χ0v) is 18.5. The smallest absolute Gasteiger partial charge is 0.247 e. The molecule has 0 spiro atoms. The maximum absolute atomic E-state index is 13.4. The summed E-state index contributed by atoms with van der Waals surface area (Å²) in [6.45, 7) is 4.75. The van der Waals surface area contributed by atoms with Gasteiger partial charge in [-0.15, -0.1) is 10.2 Å². The number of ether oxygens (including phenoxy) is 1. The summed E-state index contributed by atoms with van der Waals surface area (Å²) < 4.78 is 38.9. The fraction of sp³-hybridized carbons (Fsp3) is 0.286. The first-order valence-corrected chi connectivity index (χ1v) is 11.0. The topological polar surface area (TPSA) is 115 Å². The van der Waals surface area contributed by atoms with Gasteiger partial charge in [0.1, 0.15) is 5.75 Å². The van der Waals surface area contributed by atoms with Crippen LogP contribution in [0.1, 0.15) is 26.7 Å². The highest BCUT2D eigenvalue weighted by molar-refractivity contribution is 7.89. The number of benzene rings is 2. The Labute approximate surface area is 181 Å². The Morgan fingerprint density at radius 1 is 1.16 bits per heavy atom. The molecule has 3 rings (SSSR count). The summed E-state index contributed by atoms with van der Waals surface area (Å²) in [6.07, 6.45) is 0. The van der Waals surface area contributed by atoms with E-state index in [4.69, 9.17) is 9.15 Å². The molecule has 0 aliphatic carbocycles. The number of amides is 1. The minimum absolute atomic E-state index is 0.00791. The lowest BCUT2D eigenvalue weighted by molar-refractivity contribution is -0.114. The van der Waals surface area contributed by atoms with Gasteiger partial charge in [0.25, 0.3) is 0 Å². The molecule has 1 amide bonds. The van der Waals surface area contributed by atoms with E-state index in [0.29, 0.717) is 11.6 Å². The molecule has 31 heavy (non-hydrogen) atoms. The number of carbonyl (C=O) groups is 1. The first-order valence-electron chi connectivity index (χ1n) is 9.57. The molecule has 0 bridgehead atoms. The van der Waals surface area contributed by atoms with E-state index >= 15 is 0 Å². The van der Waals surface area contributed by atoms with Gasteiger partial charge in [0.05, 0.1) is 24.2 Å². The Bertz CT molecular complexity index is 1160. The van der Waals surface area contributed by atoms with Gasteiger partial charge >= 0.3 is 0 Å². The second-order valence-electron chi connectivity index (χ2n) is 7.05. The molecule has 0 aliphatic heterocycles. The van der Waals surface area contributed by atoms with Gasteiger partial charge in [0, 0.05) is 18.5 Å². The van der Waals surface area contributed by atoms with Crippen LogP contribution in [0.3, 0.4) is 0 Å². The zero-order valence-electron chi connectivity index (χ0n) is 17.7. The third-order valence-electron chi connectivity index (χ3n) is 4.44. The van der Waals surface area contributed by atoms with Crippen molar-refractivity contribution in [2.45, 2.75) is 38.3 Å². The van der Waals surface area contributed by atoms with Crippen molar-refractivity contribution in [2.24, 2.45) is 0 Å². The molecule has 1 aromatic heterocycles. The average molecular weight is 445 g/mol. The van der Waals surface area contributed by atoms with E-state index in [1.54, 1.807) is 13.8 Å². The molecule has 2 aromatic carbocycles. The number of methoxy groups -OCH3 is 1. The first-order chi connectivity index (χ1) is 14.7. The molecule has 3 aromatic rings. The van der Waals surface area contributed by atoms with Crippen molar-refractivity contribution in [1.29, 1.82) is 0 Å². The summed E-state index contributed by atoms with van der Waals surface area (Å²) in [7, 11) is -2.50. The fourth-order valence-electron chi connectivity index (χ4n) is 2.96. The standard InChI is InChI=1S/C21H24N4O5S/c1-14(2)25(13-20-23-24-21(30-20)16-8-6-5-7-9-16)31(27,28)17-10-11-19(29-4)18(12-17)22-15(3)26/h5-12,14H,13H2,1-4H3,(H,22,26). The van der Waals surface area contributed by atoms with E-state index in [-0.39, 0.29) is 35.0 Å². The molecular weight excluding hydrogens is 420 g/mol. The van der Waals surface area contributed by atoms with Crippen molar-refractivity contribution in [2.75, 3.05) is 12.4 Å². The van der Waals surface area contributed by atoms with Gasteiger partial charge in [-0.3, -0.25) is 4.79 Å². The summed E-state index contributed by atoms with van der Waals surface area (Å²) in [5.41, 5.74) is 1.01. The second-order valence-corrected chi connectivity index (χ2v) is 8.94. The average Bonchev–Trinajstić information content (AvgIpc) is 3.20. The highest BCUT2D eigenvalue weighted by atomic mass is 32.2. The van der Waals surface area contributed by atoms with E-state index in [2.05, 4.69) is 15.5 Å². The van der Waals surface area contributed by atoms with Crippen molar-refractivity contribution in [3.8, 4) is 17.2 Å². The van der Waals surface area contributed by atoms with Gasteiger partial charge in [-0.05, 0) is 44.2 Å². The summed E-state index contributed by atoms with van der Waals surface area (Å²) in [4.78, 5) is 11.5. The van der Waals surface area contributed by atoms with Crippen LogP contribution in [0.2, 0.25) is 0 Å². The molecule has 0 radical (unpaired) electrons. The first kappa shape index (κ1) is 22.4. The summed E-state index contributed by atoms with van der Waals surface area (Å²) in [6, 6.07) is 13.1. The van der Waals surface area contributed by atoms with Gasteiger partial charge in [0.15, 0.2) is 0 Å². The van der Waals surface area contributed by atoms with Gasteiger partial charge < -0.3 is 14.5 Å². The van der Waals surface area contributed by atoms with E-state index in [0.717, 1.165) is 5.56 Å². The highest BCUT2D eigenvalue weighted by Gasteiger charge is 2.30.